The molecule has 1 aromatic rings. The van der Waals surface area contributed by atoms with Crippen molar-refractivity contribution in [3.05, 3.63) is 35.6 Å². The molecule has 0 aromatic heterocycles. The maximum absolute atomic E-state index is 12.9. The van der Waals surface area contributed by atoms with Crippen molar-refractivity contribution >= 4 is 11.8 Å². The van der Waals surface area contributed by atoms with Crippen molar-refractivity contribution in [1.82, 2.24) is 5.32 Å². The second-order valence-corrected chi connectivity index (χ2v) is 6.30. The normalized spacial score (nSPS) is 16.5. The molecular weight excluding hydrogens is 311 g/mol. The van der Waals surface area contributed by atoms with E-state index in [2.05, 4.69) is 5.32 Å². The second kappa shape index (κ2) is 9.37. The average molecular weight is 336 g/mol. The minimum atomic E-state index is -0.533. The molecule has 1 aliphatic rings. The van der Waals surface area contributed by atoms with Crippen LogP contribution in [0.25, 0.3) is 0 Å². The summed E-state index contributed by atoms with van der Waals surface area (Å²) in [5.74, 6) is -1.60. The Morgan fingerprint density at radius 2 is 1.88 bits per heavy atom. The van der Waals surface area contributed by atoms with Gasteiger partial charge in [0.2, 0.25) is 11.8 Å². The van der Waals surface area contributed by atoms with Crippen LogP contribution in [0.4, 0.5) is 4.39 Å². The van der Waals surface area contributed by atoms with E-state index in [0.717, 1.165) is 31.2 Å². The quantitative estimate of drug-likeness (QED) is 0.761. The van der Waals surface area contributed by atoms with E-state index in [4.69, 9.17) is 10.5 Å². The molecule has 24 heavy (non-hydrogen) atoms. The Morgan fingerprint density at radius 3 is 2.50 bits per heavy atom. The summed E-state index contributed by atoms with van der Waals surface area (Å²) in [7, 11) is 0. The number of nitrogens with one attached hydrogen (secondary N) is 1. The number of hydrogen-bond donors (Lipinski definition) is 2. The number of rotatable bonds is 8. The highest BCUT2D eigenvalue weighted by atomic mass is 19.1. The summed E-state index contributed by atoms with van der Waals surface area (Å²) in [6.45, 7) is 0.159. The number of ether oxygens (including phenoxy) is 1. The number of primary amides is 1. The number of halogens is 1. The summed E-state index contributed by atoms with van der Waals surface area (Å²) in [6.07, 6.45) is 6.05. The van der Waals surface area contributed by atoms with Gasteiger partial charge >= 0.3 is 0 Å². The lowest BCUT2D eigenvalue weighted by Gasteiger charge is -2.22. The molecule has 1 fully saturated rings. The zero-order chi connectivity index (χ0) is 17.4. The third-order valence-corrected chi connectivity index (χ3v) is 4.35. The molecule has 0 radical (unpaired) electrons. The number of benzene rings is 1. The lowest BCUT2D eigenvalue weighted by atomic mass is 9.98. The number of carbonyl (C=O) groups is 2. The summed E-state index contributed by atoms with van der Waals surface area (Å²) in [5.41, 5.74) is 6.19. The van der Waals surface area contributed by atoms with E-state index in [-0.39, 0.29) is 31.0 Å². The molecule has 0 saturated heterocycles. The van der Waals surface area contributed by atoms with Gasteiger partial charge in [-0.2, -0.15) is 0 Å². The van der Waals surface area contributed by atoms with Gasteiger partial charge in [-0.15, -0.1) is 0 Å². The third-order valence-electron chi connectivity index (χ3n) is 4.35. The van der Waals surface area contributed by atoms with Gasteiger partial charge < -0.3 is 15.8 Å². The Kier molecular flexibility index (Phi) is 7.18. The lowest BCUT2D eigenvalue weighted by Crippen LogP contribution is -2.39. The monoisotopic (exact) mass is 336 g/mol. The SMILES string of the molecule is NC(=O)[C@@H](CNC(=O)COC1CCCCC1)Cc1ccc(F)cc1. The first kappa shape index (κ1) is 18.4. The standard InChI is InChI=1S/C18H25FN2O3/c19-15-8-6-13(7-9-15)10-14(18(20)23)11-21-17(22)12-24-16-4-2-1-3-5-16/h6-9,14,16H,1-5,10-12H2,(H2,20,23)(H,21,22)/t14-/m1/s1. The van der Waals surface area contributed by atoms with Crippen LogP contribution in [-0.4, -0.2) is 31.1 Å². The topological polar surface area (TPSA) is 81.4 Å². The molecule has 0 heterocycles. The molecule has 0 aliphatic heterocycles. The number of hydrogen-bond acceptors (Lipinski definition) is 3. The van der Waals surface area contributed by atoms with Crippen LogP contribution < -0.4 is 11.1 Å². The molecule has 5 nitrogen and oxygen atoms in total. The van der Waals surface area contributed by atoms with Gasteiger partial charge in [0.05, 0.1) is 12.0 Å². The summed E-state index contributed by atoms with van der Waals surface area (Å²) in [4.78, 5) is 23.4. The van der Waals surface area contributed by atoms with Crippen LogP contribution in [0.15, 0.2) is 24.3 Å². The van der Waals surface area contributed by atoms with Crippen molar-refractivity contribution in [3.63, 3.8) is 0 Å². The molecule has 2 rings (SSSR count). The molecule has 1 saturated carbocycles. The fraction of sp³-hybridized carbons (Fsp3) is 0.556. The Hall–Kier alpha value is -1.95. The molecule has 132 valence electrons. The van der Waals surface area contributed by atoms with Gasteiger partial charge in [-0.1, -0.05) is 31.4 Å². The third kappa shape index (κ3) is 6.28. The Bertz CT molecular complexity index is 542. The molecule has 0 unspecified atom stereocenters. The summed E-state index contributed by atoms with van der Waals surface area (Å²) in [5, 5.41) is 2.70. The highest BCUT2D eigenvalue weighted by molar-refractivity contribution is 5.80. The van der Waals surface area contributed by atoms with Crippen LogP contribution in [-0.2, 0) is 20.7 Å². The van der Waals surface area contributed by atoms with Gasteiger partial charge in [0.15, 0.2) is 0 Å². The van der Waals surface area contributed by atoms with E-state index in [9.17, 15) is 14.0 Å². The average Bonchev–Trinajstić information content (AvgIpc) is 2.59. The largest absolute Gasteiger partial charge is 0.369 e. The smallest absolute Gasteiger partial charge is 0.246 e. The fourth-order valence-corrected chi connectivity index (χ4v) is 2.89. The second-order valence-electron chi connectivity index (χ2n) is 6.30. The molecule has 2 amide bonds. The Balaban J connectivity index is 1.74. The molecule has 1 aromatic carbocycles. The molecule has 3 N–H and O–H groups in total. The van der Waals surface area contributed by atoms with E-state index in [1.807, 2.05) is 0 Å². The highest BCUT2D eigenvalue weighted by Crippen LogP contribution is 2.20. The maximum Gasteiger partial charge on any atom is 0.246 e. The van der Waals surface area contributed by atoms with Crippen molar-refractivity contribution in [2.75, 3.05) is 13.2 Å². The summed E-state index contributed by atoms with van der Waals surface area (Å²) >= 11 is 0. The number of carbonyl (C=O) groups excluding carboxylic acids is 2. The van der Waals surface area contributed by atoms with Gasteiger partial charge in [0.1, 0.15) is 12.4 Å². The summed E-state index contributed by atoms with van der Waals surface area (Å²) < 4.78 is 18.5. The summed E-state index contributed by atoms with van der Waals surface area (Å²) in [6, 6.07) is 5.90. The number of nitrogens with two attached hydrogens (primary N) is 1. The molecule has 6 heteroatoms. The van der Waals surface area contributed by atoms with Crippen molar-refractivity contribution in [2.45, 2.75) is 44.6 Å². The molecule has 0 bridgehead atoms. The highest BCUT2D eigenvalue weighted by Gasteiger charge is 2.19. The van der Waals surface area contributed by atoms with Crippen LogP contribution >= 0.6 is 0 Å². The van der Waals surface area contributed by atoms with E-state index in [1.54, 1.807) is 12.1 Å². The first-order valence-electron chi connectivity index (χ1n) is 8.46. The van der Waals surface area contributed by atoms with Gasteiger partial charge in [-0.25, -0.2) is 4.39 Å². The first-order chi connectivity index (χ1) is 11.5. The van der Waals surface area contributed by atoms with Crippen molar-refractivity contribution in [3.8, 4) is 0 Å². The van der Waals surface area contributed by atoms with Crippen molar-refractivity contribution in [2.24, 2.45) is 11.7 Å². The first-order valence-corrected chi connectivity index (χ1v) is 8.46. The van der Waals surface area contributed by atoms with E-state index in [0.29, 0.717) is 6.42 Å². The molecular formula is C18H25FN2O3. The minimum Gasteiger partial charge on any atom is -0.369 e. The maximum atomic E-state index is 12.9. The minimum absolute atomic E-state index is 0.00664. The molecule has 1 atom stereocenters. The van der Waals surface area contributed by atoms with Crippen LogP contribution in [0.5, 0.6) is 0 Å². The predicted molar refractivity (Wildman–Crippen MR) is 88.6 cm³/mol. The van der Waals surface area contributed by atoms with Gasteiger partial charge in [-0.3, -0.25) is 9.59 Å². The van der Waals surface area contributed by atoms with Crippen molar-refractivity contribution < 1.29 is 18.7 Å². The van der Waals surface area contributed by atoms with Gasteiger partial charge in [-0.05, 0) is 37.0 Å². The Morgan fingerprint density at radius 1 is 1.21 bits per heavy atom. The van der Waals surface area contributed by atoms with Crippen LogP contribution in [0.3, 0.4) is 0 Å². The van der Waals surface area contributed by atoms with Crippen LogP contribution in [0.1, 0.15) is 37.7 Å². The van der Waals surface area contributed by atoms with E-state index >= 15 is 0 Å². The van der Waals surface area contributed by atoms with Crippen LogP contribution in [0, 0.1) is 11.7 Å². The van der Waals surface area contributed by atoms with Crippen molar-refractivity contribution in [1.29, 1.82) is 0 Å². The molecule has 1 aliphatic carbocycles. The zero-order valence-corrected chi connectivity index (χ0v) is 13.8. The number of amides is 2. The Labute approximate surface area is 141 Å². The molecule has 0 spiro atoms. The van der Waals surface area contributed by atoms with E-state index in [1.165, 1.54) is 18.6 Å². The van der Waals surface area contributed by atoms with Gasteiger partial charge in [0, 0.05) is 6.54 Å². The van der Waals surface area contributed by atoms with Gasteiger partial charge in [0.25, 0.3) is 0 Å². The predicted octanol–water partition coefficient (Wildman–Crippen LogP) is 1.94. The zero-order valence-electron chi connectivity index (χ0n) is 13.8. The lowest BCUT2D eigenvalue weighted by molar-refractivity contribution is -0.129. The van der Waals surface area contributed by atoms with E-state index < -0.39 is 11.8 Å². The fourth-order valence-electron chi connectivity index (χ4n) is 2.89. The van der Waals surface area contributed by atoms with Crippen LogP contribution in [0.2, 0.25) is 0 Å².